The Balaban J connectivity index is 3.26. The van der Waals surface area contributed by atoms with Crippen molar-refractivity contribution in [3.8, 4) is 0 Å². The van der Waals surface area contributed by atoms with Gasteiger partial charge in [-0.25, -0.2) is 0 Å². The fraction of sp³-hybridized carbons (Fsp3) is 0.500. The van der Waals surface area contributed by atoms with Crippen LogP contribution >= 0.6 is 0 Å². The molecule has 0 saturated carbocycles. The summed E-state index contributed by atoms with van der Waals surface area (Å²) in [5, 5.41) is 0. The summed E-state index contributed by atoms with van der Waals surface area (Å²) in [7, 11) is 1.85. The first-order chi connectivity index (χ1) is 9.54. The third kappa shape index (κ3) is 3.96. The van der Waals surface area contributed by atoms with Gasteiger partial charge in [0.1, 0.15) is 0 Å². The molecule has 0 aliphatic heterocycles. The van der Waals surface area contributed by atoms with Gasteiger partial charge in [-0.3, -0.25) is 4.99 Å². The predicted octanol–water partition coefficient (Wildman–Crippen LogP) is 4.78. The van der Waals surface area contributed by atoms with E-state index in [1.54, 1.807) is 0 Å². The van der Waals surface area contributed by atoms with Crippen molar-refractivity contribution in [3.05, 3.63) is 35.9 Å². The summed E-state index contributed by atoms with van der Waals surface area (Å²) >= 11 is 0. The highest BCUT2D eigenvalue weighted by atomic mass is 15.1. The number of allylic oxidation sites excluding steroid dienone is 1. The van der Waals surface area contributed by atoms with Gasteiger partial charge in [0.15, 0.2) is 0 Å². The monoisotopic (exact) mass is 272 g/mol. The minimum atomic E-state index is 1.07. The predicted molar refractivity (Wildman–Crippen MR) is 92.1 cm³/mol. The van der Waals surface area contributed by atoms with E-state index in [4.69, 9.17) is 0 Å². The Hall–Kier alpha value is -1.57. The number of hydrogen-bond acceptors (Lipinski definition) is 2. The van der Waals surface area contributed by atoms with Gasteiger partial charge in [0.05, 0.1) is 0 Å². The molecule has 20 heavy (non-hydrogen) atoms. The summed E-state index contributed by atoms with van der Waals surface area (Å²) in [6.07, 6.45) is 2.33. The zero-order valence-electron chi connectivity index (χ0n) is 13.7. The Morgan fingerprint density at radius 3 is 2.15 bits per heavy atom. The van der Waals surface area contributed by atoms with Crippen LogP contribution in [0.15, 0.2) is 29.8 Å². The second-order valence-electron chi connectivity index (χ2n) is 5.31. The normalized spacial score (nSPS) is 11.6. The molecule has 0 spiro atoms. The number of aliphatic imine (C=N–C) groups is 1. The minimum Gasteiger partial charge on any atom is -0.372 e. The van der Waals surface area contributed by atoms with Crippen LogP contribution in [0.25, 0.3) is 5.57 Å². The van der Waals surface area contributed by atoms with Crippen molar-refractivity contribution in [2.45, 2.75) is 40.5 Å². The zero-order valence-corrected chi connectivity index (χ0v) is 13.7. The lowest BCUT2D eigenvalue weighted by Gasteiger charge is -2.25. The van der Waals surface area contributed by atoms with Gasteiger partial charge in [-0.15, -0.1) is 0 Å². The molecule has 2 nitrogen and oxygen atoms in total. The maximum Gasteiger partial charge on any atom is 0.0393 e. The molecule has 0 aromatic heterocycles. The third-order valence-corrected chi connectivity index (χ3v) is 3.54. The first-order valence-corrected chi connectivity index (χ1v) is 7.53. The number of nitrogens with zero attached hydrogens (tertiary/aromatic N) is 2. The van der Waals surface area contributed by atoms with E-state index >= 15 is 0 Å². The lowest BCUT2D eigenvalue weighted by Crippen LogP contribution is -2.25. The van der Waals surface area contributed by atoms with Crippen molar-refractivity contribution in [1.29, 1.82) is 0 Å². The molecule has 110 valence electrons. The van der Waals surface area contributed by atoms with Crippen LogP contribution in [0, 0.1) is 0 Å². The van der Waals surface area contributed by atoms with Gasteiger partial charge < -0.3 is 4.90 Å². The molecule has 1 rings (SSSR count). The lowest BCUT2D eigenvalue weighted by molar-refractivity contribution is 0.745. The Morgan fingerprint density at radius 1 is 1.10 bits per heavy atom. The molecule has 0 heterocycles. The fourth-order valence-electron chi connectivity index (χ4n) is 2.43. The molecule has 0 unspecified atom stereocenters. The van der Waals surface area contributed by atoms with E-state index in [9.17, 15) is 0 Å². The summed E-state index contributed by atoms with van der Waals surface area (Å²) < 4.78 is 0. The largest absolute Gasteiger partial charge is 0.372 e. The molecule has 0 saturated heterocycles. The molecule has 1 aromatic rings. The second-order valence-corrected chi connectivity index (χ2v) is 5.31. The highest BCUT2D eigenvalue weighted by Gasteiger charge is 2.11. The first kappa shape index (κ1) is 16.5. The second kappa shape index (κ2) is 7.88. The molecule has 2 heteroatoms. The van der Waals surface area contributed by atoms with Crippen LogP contribution in [0.3, 0.4) is 0 Å². The van der Waals surface area contributed by atoms with E-state index in [1.807, 2.05) is 7.05 Å². The first-order valence-electron chi connectivity index (χ1n) is 7.53. The van der Waals surface area contributed by atoms with Crippen LogP contribution in [0.4, 0.5) is 5.69 Å². The Kier molecular flexibility index (Phi) is 6.50. The summed E-state index contributed by atoms with van der Waals surface area (Å²) in [5.74, 6) is 0. The number of benzene rings is 1. The highest BCUT2D eigenvalue weighted by molar-refractivity contribution is 6.03. The van der Waals surface area contributed by atoms with Crippen molar-refractivity contribution < 1.29 is 0 Å². The fourth-order valence-corrected chi connectivity index (χ4v) is 2.43. The molecule has 0 amide bonds. The van der Waals surface area contributed by atoms with Crippen LogP contribution < -0.4 is 4.90 Å². The van der Waals surface area contributed by atoms with Gasteiger partial charge in [-0.2, -0.15) is 0 Å². The Morgan fingerprint density at radius 2 is 1.70 bits per heavy atom. The lowest BCUT2D eigenvalue weighted by atomic mass is 9.97. The Labute approximate surface area is 124 Å². The van der Waals surface area contributed by atoms with Crippen molar-refractivity contribution in [2.24, 2.45) is 4.99 Å². The van der Waals surface area contributed by atoms with Gasteiger partial charge >= 0.3 is 0 Å². The van der Waals surface area contributed by atoms with Gasteiger partial charge in [0, 0.05) is 37.1 Å². The van der Waals surface area contributed by atoms with Gasteiger partial charge in [-0.05, 0) is 44.4 Å². The standard InChI is InChI=1S/C18H28N2/c1-7-11-20(12-8-2)16-9-10-17(14(3)4)18(13-16)15(5)19-6/h9-10,13H,3,7-8,11-12H2,1-2,4-6H3/b19-15-. The van der Waals surface area contributed by atoms with Crippen LogP contribution in [-0.2, 0) is 0 Å². The molecule has 0 N–H and O–H groups in total. The molecule has 0 fully saturated rings. The van der Waals surface area contributed by atoms with E-state index in [0.717, 1.165) is 24.4 Å². The summed E-state index contributed by atoms with van der Waals surface area (Å²) in [6, 6.07) is 6.65. The molecule has 0 aliphatic rings. The maximum absolute atomic E-state index is 4.35. The zero-order chi connectivity index (χ0) is 15.1. The number of rotatable bonds is 7. The molecule has 0 atom stereocenters. The molecule has 0 bridgehead atoms. The molecular formula is C18H28N2. The average Bonchev–Trinajstić information content (AvgIpc) is 2.45. The highest BCUT2D eigenvalue weighted by Crippen LogP contribution is 2.25. The van der Waals surface area contributed by atoms with E-state index in [1.165, 1.54) is 29.7 Å². The van der Waals surface area contributed by atoms with Crippen LogP contribution in [0.1, 0.15) is 51.7 Å². The van der Waals surface area contributed by atoms with E-state index in [0.29, 0.717) is 0 Å². The SMILES string of the molecule is C=C(C)c1ccc(N(CCC)CCC)cc1/C(C)=N\C. The van der Waals surface area contributed by atoms with E-state index < -0.39 is 0 Å². The summed E-state index contributed by atoms with van der Waals surface area (Å²) in [4.78, 5) is 6.80. The molecular weight excluding hydrogens is 244 g/mol. The molecule has 1 aromatic carbocycles. The van der Waals surface area contributed by atoms with Crippen LogP contribution in [-0.4, -0.2) is 25.8 Å². The smallest absolute Gasteiger partial charge is 0.0393 e. The van der Waals surface area contributed by atoms with Gasteiger partial charge in [-0.1, -0.05) is 32.1 Å². The maximum atomic E-state index is 4.35. The van der Waals surface area contributed by atoms with E-state index in [-0.39, 0.29) is 0 Å². The minimum absolute atomic E-state index is 1.07. The third-order valence-electron chi connectivity index (χ3n) is 3.54. The molecule has 0 aliphatic carbocycles. The summed E-state index contributed by atoms with van der Waals surface area (Å²) in [5.41, 5.74) is 5.85. The number of hydrogen-bond donors (Lipinski definition) is 0. The van der Waals surface area contributed by atoms with Gasteiger partial charge in [0.25, 0.3) is 0 Å². The topological polar surface area (TPSA) is 15.6 Å². The number of anilines is 1. The van der Waals surface area contributed by atoms with Crippen LogP contribution in [0.2, 0.25) is 0 Å². The van der Waals surface area contributed by atoms with Gasteiger partial charge in [0.2, 0.25) is 0 Å². The van der Waals surface area contributed by atoms with Crippen molar-refractivity contribution >= 4 is 17.0 Å². The average molecular weight is 272 g/mol. The van der Waals surface area contributed by atoms with E-state index in [2.05, 4.69) is 62.4 Å². The summed E-state index contributed by atoms with van der Waals surface area (Å²) in [6.45, 7) is 14.9. The van der Waals surface area contributed by atoms with Crippen molar-refractivity contribution in [2.75, 3.05) is 25.0 Å². The van der Waals surface area contributed by atoms with Crippen LogP contribution in [0.5, 0.6) is 0 Å². The van der Waals surface area contributed by atoms with Crippen molar-refractivity contribution in [3.63, 3.8) is 0 Å². The molecule has 0 radical (unpaired) electrons. The van der Waals surface area contributed by atoms with Crippen molar-refractivity contribution in [1.82, 2.24) is 0 Å². The quantitative estimate of drug-likeness (QED) is 0.652. The Bertz CT molecular complexity index is 480.